The van der Waals surface area contributed by atoms with Crippen molar-refractivity contribution >= 4 is 17.7 Å². The number of carbonyl (C=O) groups is 1. The second-order valence-corrected chi connectivity index (χ2v) is 6.75. The third-order valence-corrected chi connectivity index (χ3v) is 4.98. The van der Waals surface area contributed by atoms with Crippen LogP contribution in [-0.4, -0.2) is 39.8 Å². The van der Waals surface area contributed by atoms with Crippen molar-refractivity contribution in [2.75, 3.05) is 12.4 Å². The van der Waals surface area contributed by atoms with Crippen molar-refractivity contribution < 1.29 is 24.9 Å². The maximum atomic E-state index is 10.7. The maximum Gasteiger partial charge on any atom is 0.304 e. The molecule has 5 nitrogen and oxygen atoms in total. The Morgan fingerprint density at radius 1 is 1.08 bits per heavy atom. The first-order valence-corrected chi connectivity index (χ1v) is 9.04. The summed E-state index contributed by atoms with van der Waals surface area (Å²) in [7, 11) is 0. The lowest BCUT2D eigenvalue weighted by Crippen LogP contribution is -2.21. The summed E-state index contributed by atoms with van der Waals surface area (Å²) in [5.41, 5.74) is 1.77. The largest absolute Gasteiger partial charge is 0.489 e. The summed E-state index contributed by atoms with van der Waals surface area (Å²) in [6.45, 7) is -0.0165. The zero-order valence-corrected chi connectivity index (χ0v) is 14.6. The number of thioether (sulfide) groups is 1. The van der Waals surface area contributed by atoms with Crippen LogP contribution in [0.1, 0.15) is 22.8 Å². The Morgan fingerprint density at radius 3 is 2.44 bits per heavy atom. The monoisotopic (exact) mass is 362 g/mol. The van der Waals surface area contributed by atoms with Gasteiger partial charge in [0.05, 0.1) is 24.4 Å². The third kappa shape index (κ3) is 6.08. The molecular formula is C19H22O5S. The van der Waals surface area contributed by atoms with E-state index in [1.54, 1.807) is 0 Å². The minimum Gasteiger partial charge on any atom is -0.489 e. The number of carboxylic acid groups (broad SMARTS) is 1. The van der Waals surface area contributed by atoms with Crippen molar-refractivity contribution in [3.8, 4) is 5.75 Å². The molecule has 2 unspecified atom stereocenters. The molecule has 2 aromatic rings. The van der Waals surface area contributed by atoms with Crippen molar-refractivity contribution in [3.63, 3.8) is 0 Å². The van der Waals surface area contributed by atoms with E-state index in [1.807, 2.05) is 54.6 Å². The van der Waals surface area contributed by atoms with E-state index in [4.69, 9.17) is 9.84 Å². The van der Waals surface area contributed by atoms with E-state index in [0.29, 0.717) is 18.1 Å². The van der Waals surface area contributed by atoms with E-state index < -0.39 is 23.9 Å². The van der Waals surface area contributed by atoms with Gasteiger partial charge in [-0.3, -0.25) is 4.79 Å². The fourth-order valence-electron chi connectivity index (χ4n) is 2.36. The Labute approximate surface area is 151 Å². The van der Waals surface area contributed by atoms with Crippen LogP contribution in [0.2, 0.25) is 0 Å². The molecule has 25 heavy (non-hydrogen) atoms. The number of benzene rings is 2. The Hall–Kier alpha value is -2.02. The van der Waals surface area contributed by atoms with Crippen molar-refractivity contribution in [1.29, 1.82) is 0 Å². The molecule has 0 spiro atoms. The summed E-state index contributed by atoms with van der Waals surface area (Å²) in [4.78, 5) is 10.7. The van der Waals surface area contributed by atoms with Crippen LogP contribution >= 0.6 is 11.8 Å². The Morgan fingerprint density at radius 2 is 1.76 bits per heavy atom. The van der Waals surface area contributed by atoms with Crippen LogP contribution in [0.25, 0.3) is 0 Å². The lowest BCUT2D eigenvalue weighted by atomic mass is 10.1. The number of ether oxygens (including phenoxy) is 1. The number of para-hydroxylation sites is 1. The van der Waals surface area contributed by atoms with Crippen LogP contribution in [0.15, 0.2) is 54.6 Å². The molecule has 0 radical (unpaired) electrons. The van der Waals surface area contributed by atoms with Gasteiger partial charge >= 0.3 is 5.97 Å². The number of hydrogen-bond donors (Lipinski definition) is 3. The van der Waals surface area contributed by atoms with Gasteiger partial charge in [0.15, 0.2) is 0 Å². The first-order valence-electron chi connectivity index (χ1n) is 7.99. The molecule has 134 valence electrons. The van der Waals surface area contributed by atoms with Crippen LogP contribution in [0, 0.1) is 0 Å². The number of aliphatic hydroxyl groups excluding tert-OH is 2. The van der Waals surface area contributed by atoms with Gasteiger partial charge in [0, 0.05) is 11.3 Å². The number of aliphatic carboxylic acids is 1. The Kier molecular flexibility index (Phi) is 7.78. The zero-order chi connectivity index (χ0) is 18.1. The van der Waals surface area contributed by atoms with E-state index >= 15 is 0 Å². The lowest BCUT2D eigenvalue weighted by molar-refractivity contribution is -0.136. The number of aliphatic hydroxyl groups is 2. The van der Waals surface area contributed by atoms with E-state index in [0.717, 1.165) is 11.1 Å². The van der Waals surface area contributed by atoms with E-state index in [9.17, 15) is 15.0 Å². The molecule has 2 rings (SSSR count). The number of carboxylic acids is 1. The predicted molar refractivity (Wildman–Crippen MR) is 97.8 cm³/mol. The molecule has 0 saturated heterocycles. The fraction of sp³-hybridized carbons (Fsp3) is 0.316. The van der Waals surface area contributed by atoms with E-state index in [2.05, 4.69) is 0 Å². The maximum absolute atomic E-state index is 10.7. The molecule has 2 atom stereocenters. The molecule has 0 aliphatic carbocycles. The Bertz CT molecular complexity index is 662. The fourth-order valence-corrected chi connectivity index (χ4v) is 3.59. The second kappa shape index (κ2) is 10.1. The molecule has 0 bridgehead atoms. The van der Waals surface area contributed by atoms with E-state index in [1.165, 1.54) is 11.8 Å². The van der Waals surface area contributed by atoms with Gasteiger partial charge in [-0.1, -0.05) is 48.5 Å². The SMILES string of the molecule is O=C(O)CCSC(c1ccccc1OCc1ccccc1)C(O)CO. The molecule has 0 aliphatic rings. The first-order chi connectivity index (χ1) is 12.1. The summed E-state index contributed by atoms with van der Waals surface area (Å²) in [6, 6.07) is 17.0. The molecule has 0 aliphatic heterocycles. The van der Waals surface area contributed by atoms with Gasteiger partial charge < -0.3 is 20.1 Å². The highest BCUT2D eigenvalue weighted by atomic mass is 32.2. The normalized spacial score (nSPS) is 13.2. The molecule has 3 N–H and O–H groups in total. The molecular weight excluding hydrogens is 340 g/mol. The molecule has 0 heterocycles. The van der Waals surface area contributed by atoms with Gasteiger partial charge in [-0.05, 0) is 11.6 Å². The van der Waals surface area contributed by atoms with Gasteiger partial charge in [0.2, 0.25) is 0 Å². The molecule has 0 amide bonds. The minimum absolute atomic E-state index is 0.00758. The molecule has 6 heteroatoms. The van der Waals surface area contributed by atoms with Crippen molar-refractivity contribution in [3.05, 3.63) is 65.7 Å². The zero-order valence-electron chi connectivity index (χ0n) is 13.7. The average Bonchev–Trinajstić information content (AvgIpc) is 2.64. The Balaban J connectivity index is 2.14. The lowest BCUT2D eigenvalue weighted by Gasteiger charge is -2.23. The highest BCUT2D eigenvalue weighted by Gasteiger charge is 2.24. The quantitative estimate of drug-likeness (QED) is 0.602. The minimum atomic E-state index is -1.000. The standard InChI is InChI=1S/C19H22O5S/c20-12-16(21)19(25-11-10-18(22)23)15-8-4-5-9-17(15)24-13-14-6-2-1-3-7-14/h1-9,16,19-21H,10-13H2,(H,22,23). The molecule has 2 aromatic carbocycles. The second-order valence-electron chi connectivity index (χ2n) is 5.50. The highest BCUT2D eigenvalue weighted by Crippen LogP contribution is 2.38. The third-order valence-electron chi connectivity index (χ3n) is 3.61. The van der Waals surface area contributed by atoms with Crippen LogP contribution in [0.3, 0.4) is 0 Å². The summed E-state index contributed by atoms with van der Waals surface area (Å²) < 4.78 is 5.90. The molecule has 0 aromatic heterocycles. The first kappa shape index (κ1) is 19.3. The predicted octanol–water partition coefficient (Wildman–Crippen LogP) is 2.87. The van der Waals surface area contributed by atoms with Crippen molar-refractivity contribution in [2.24, 2.45) is 0 Å². The van der Waals surface area contributed by atoms with Gasteiger partial charge in [-0.15, -0.1) is 0 Å². The van der Waals surface area contributed by atoms with Crippen LogP contribution in [0.5, 0.6) is 5.75 Å². The van der Waals surface area contributed by atoms with Crippen LogP contribution in [0.4, 0.5) is 0 Å². The van der Waals surface area contributed by atoms with Gasteiger partial charge in [0.1, 0.15) is 12.4 Å². The average molecular weight is 362 g/mol. The molecule has 0 fully saturated rings. The smallest absolute Gasteiger partial charge is 0.304 e. The number of rotatable bonds is 10. The van der Waals surface area contributed by atoms with Crippen LogP contribution < -0.4 is 4.74 Å². The summed E-state index contributed by atoms with van der Waals surface area (Å²) >= 11 is 1.30. The summed E-state index contributed by atoms with van der Waals surface area (Å²) in [5.74, 6) is 0.0643. The van der Waals surface area contributed by atoms with Crippen molar-refractivity contribution in [1.82, 2.24) is 0 Å². The number of hydrogen-bond acceptors (Lipinski definition) is 5. The summed E-state index contributed by atoms with van der Waals surface area (Å²) in [6.07, 6.45) is -1.01. The van der Waals surface area contributed by atoms with Gasteiger partial charge in [-0.2, -0.15) is 11.8 Å². The molecule has 0 saturated carbocycles. The topological polar surface area (TPSA) is 87.0 Å². The van der Waals surface area contributed by atoms with E-state index in [-0.39, 0.29) is 6.42 Å². The van der Waals surface area contributed by atoms with Gasteiger partial charge in [-0.25, -0.2) is 0 Å². The van der Waals surface area contributed by atoms with Gasteiger partial charge in [0.25, 0.3) is 0 Å². The highest BCUT2D eigenvalue weighted by molar-refractivity contribution is 7.99. The summed E-state index contributed by atoms with van der Waals surface area (Å²) in [5, 5.41) is 27.9. The van der Waals surface area contributed by atoms with Crippen molar-refractivity contribution in [2.45, 2.75) is 24.4 Å². The van der Waals surface area contributed by atoms with Crippen LogP contribution in [-0.2, 0) is 11.4 Å².